The van der Waals surface area contributed by atoms with Gasteiger partial charge >= 0.3 is 0 Å². The number of hydrogen-bond acceptors (Lipinski definition) is 4. The number of rotatable bonds is 18. The predicted molar refractivity (Wildman–Crippen MR) is 117 cm³/mol. The summed E-state index contributed by atoms with van der Waals surface area (Å²) in [6.07, 6.45) is 22.1. The van der Waals surface area contributed by atoms with Crippen LogP contribution in [0.2, 0.25) is 0 Å². The van der Waals surface area contributed by atoms with Gasteiger partial charge in [-0.3, -0.25) is 14.8 Å². The number of aliphatic imine (C=N–C) groups is 1. The molecular formula is C23H43N3O. The molecule has 1 heterocycles. The Kier molecular flexibility index (Phi) is 15.0. The summed E-state index contributed by atoms with van der Waals surface area (Å²) < 4.78 is 0. The molecule has 0 saturated carbocycles. The van der Waals surface area contributed by atoms with E-state index in [4.69, 9.17) is 0 Å². The van der Waals surface area contributed by atoms with Crippen molar-refractivity contribution >= 4 is 11.6 Å². The van der Waals surface area contributed by atoms with E-state index in [1.165, 1.54) is 70.6 Å². The van der Waals surface area contributed by atoms with Crippen molar-refractivity contribution in [2.45, 2.75) is 104 Å². The van der Waals surface area contributed by atoms with Crippen molar-refractivity contribution in [3.05, 3.63) is 12.2 Å². The molecule has 0 spiro atoms. The minimum absolute atomic E-state index is 0.200. The molecule has 0 aromatic rings. The molecule has 156 valence electrons. The Balaban J connectivity index is 1.89. The molecule has 0 amide bonds. The van der Waals surface area contributed by atoms with E-state index in [0.29, 0.717) is 12.3 Å². The zero-order valence-electron chi connectivity index (χ0n) is 18.0. The Morgan fingerprint density at radius 1 is 0.926 bits per heavy atom. The van der Waals surface area contributed by atoms with E-state index in [1.807, 2.05) is 11.9 Å². The van der Waals surface area contributed by atoms with Crippen LogP contribution in [0.1, 0.15) is 104 Å². The average molecular weight is 378 g/mol. The summed E-state index contributed by atoms with van der Waals surface area (Å²) in [5.74, 6) is 0.846. The first-order chi connectivity index (χ1) is 13.3. The molecule has 1 aliphatic rings. The van der Waals surface area contributed by atoms with Gasteiger partial charge in [-0.2, -0.15) is 0 Å². The Labute approximate surface area is 167 Å². The van der Waals surface area contributed by atoms with Crippen LogP contribution >= 0.6 is 0 Å². The fraction of sp³-hybridized carbons (Fsp3) is 0.826. The Morgan fingerprint density at radius 3 is 2.15 bits per heavy atom. The lowest BCUT2D eigenvalue weighted by atomic mass is 10.1. The first-order valence-corrected chi connectivity index (χ1v) is 11.5. The van der Waals surface area contributed by atoms with E-state index < -0.39 is 0 Å². The molecule has 0 aliphatic carbocycles. The van der Waals surface area contributed by atoms with E-state index in [9.17, 15) is 4.79 Å². The average Bonchev–Trinajstić information content (AvgIpc) is 3.13. The van der Waals surface area contributed by atoms with Gasteiger partial charge in [-0.25, -0.2) is 5.43 Å². The summed E-state index contributed by atoms with van der Waals surface area (Å²) in [6, 6.07) is 0. The monoisotopic (exact) mass is 377 g/mol. The van der Waals surface area contributed by atoms with Crippen molar-refractivity contribution in [3.8, 4) is 0 Å². The quantitative estimate of drug-likeness (QED) is 0.241. The molecular weight excluding hydrogens is 334 g/mol. The molecule has 1 aliphatic heterocycles. The molecule has 0 aromatic carbocycles. The van der Waals surface area contributed by atoms with Gasteiger partial charge in [0.2, 0.25) is 0 Å². The Morgan fingerprint density at radius 2 is 1.52 bits per heavy atom. The van der Waals surface area contributed by atoms with Gasteiger partial charge in [-0.15, -0.1) is 0 Å². The third kappa shape index (κ3) is 12.0. The highest BCUT2D eigenvalue weighted by Crippen LogP contribution is 2.11. The van der Waals surface area contributed by atoms with Crippen LogP contribution in [-0.4, -0.2) is 36.3 Å². The lowest BCUT2D eigenvalue weighted by Gasteiger charge is -2.19. The number of Topliss-reactive ketones (excluding diaryl/α,β-unsaturated/α-hetero) is 1. The van der Waals surface area contributed by atoms with Gasteiger partial charge in [-0.1, -0.05) is 77.4 Å². The predicted octanol–water partition coefficient (Wildman–Crippen LogP) is 5.83. The van der Waals surface area contributed by atoms with Gasteiger partial charge in [0.05, 0.1) is 13.1 Å². The van der Waals surface area contributed by atoms with Gasteiger partial charge < -0.3 is 0 Å². The maximum Gasteiger partial charge on any atom is 0.198 e. The van der Waals surface area contributed by atoms with E-state index >= 15 is 0 Å². The molecule has 27 heavy (non-hydrogen) atoms. The molecule has 0 fully saturated rings. The molecule has 0 saturated heterocycles. The first-order valence-electron chi connectivity index (χ1n) is 11.5. The van der Waals surface area contributed by atoms with Crippen LogP contribution in [-0.2, 0) is 4.79 Å². The zero-order valence-corrected chi connectivity index (χ0v) is 18.0. The normalized spacial score (nSPS) is 14.3. The fourth-order valence-electron chi connectivity index (χ4n) is 3.50. The topological polar surface area (TPSA) is 44.7 Å². The van der Waals surface area contributed by atoms with Crippen molar-refractivity contribution in [1.29, 1.82) is 0 Å². The van der Waals surface area contributed by atoms with Crippen molar-refractivity contribution in [3.63, 3.8) is 0 Å². The Bertz CT molecular complexity index is 431. The maximum atomic E-state index is 12.2. The SMILES string of the molecule is CCCCCCCCC=CCCCCCCCC(=O)C1=NCCN1NCC. The van der Waals surface area contributed by atoms with Gasteiger partial charge in [-0.05, 0) is 32.1 Å². The number of hydrogen-bond donors (Lipinski definition) is 1. The van der Waals surface area contributed by atoms with Crippen LogP contribution in [0.5, 0.6) is 0 Å². The summed E-state index contributed by atoms with van der Waals surface area (Å²) in [5.41, 5.74) is 3.20. The highest BCUT2D eigenvalue weighted by molar-refractivity contribution is 6.38. The molecule has 1 rings (SSSR count). The number of unbranched alkanes of at least 4 members (excludes halogenated alkanes) is 11. The molecule has 0 aromatic heterocycles. The molecule has 0 bridgehead atoms. The fourth-order valence-corrected chi connectivity index (χ4v) is 3.50. The van der Waals surface area contributed by atoms with Crippen LogP contribution < -0.4 is 5.43 Å². The summed E-state index contributed by atoms with van der Waals surface area (Å²) in [5, 5.41) is 1.92. The highest BCUT2D eigenvalue weighted by Gasteiger charge is 2.22. The number of nitrogens with zero attached hydrogens (tertiary/aromatic N) is 2. The van der Waals surface area contributed by atoms with E-state index in [2.05, 4.69) is 29.5 Å². The molecule has 0 atom stereocenters. The molecule has 0 unspecified atom stereocenters. The highest BCUT2D eigenvalue weighted by atomic mass is 16.1. The lowest BCUT2D eigenvalue weighted by molar-refractivity contribution is -0.113. The number of amidine groups is 1. The minimum Gasteiger partial charge on any atom is -0.291 e. The van der Waals surface area contributed by atoms with Crippen molar-refractivity contribution < 1.29 is 4.79 Å². The minimum atomic E-state index is 0.200. The number of nitrogens with one attached hydrogen (secondary N) is 1. The molecule has 1 N–H and O–H groups in total. The van der Waals surface area contributed by atoms with Crippen molar-refractivity contribution in [1.82, 2.24) is 10.4 Å². The number of hydrazine groups is 1. The van der Waals surface area contributed by atoms with Crippen LogP contribution in [0.25, 0.3) is 0 Å². The number of allylic oxidation sites excluding steroid dienone is 2. The molecule has 0 radical (unpaired) electrons. The number of carbonyl (C=O) groups excluding carboxylic acids is 1. The van der Waals surface area contributed by atoms with Gasteiger partial charge in [0.25, 0.3) is 0 Å². The van der Waals surface area contributed by atoms with Crippen molar-refractivity contribution in [2.75, 3.05) is 19.6 Å². The smallest absolute Gasteiger partial charge is 0.198 e. The lowest BCUT2D eigenvalue weighted by Crippen LogP contribution is -2.43. The molecule has 4 nitrogen and oxygen atoms in total. The van der Waals surface area contributed by atoms with Gasteiger partial charge in [0.1, 0.15) is 0 Å². The van der Waals surface area contributed by atoms with E-state index in [-0.39, 0.29) is 5.78 Å². The standard InChI is InChI=1S/C23H43N3O/c1-3-5-6-7-8-9-10-11-12-13-14-15-16-17-18-19-22(27)23-24-20-21-26(23)25-4-2/h11-12,25H,3-10,13-21H2,1-2H3. The maximum absolute atomic E-state index is 12.2. The van der Waals surface area contributed by atoms with Crippen LogP contribution in [0.15, 0.2) is 17.1 Å². The summed E-state index contributed by atoms with van der Waals surface area (Å²) in [6.45, 7) is 6.71. The van der Waals surface area contributed by atoms with E-state index in [1.54, 1.807) is 0 Å². The van der Waals surface area contributed by atoms with E-state index in [0.717, 1.165) is 32.5 Å². The van der Waals surface area contributed by atoms with Crippen LogP contribution in [0.3, 0.4) is 0 Å². The summed E-state index contributed by atoms with van der Waals surface area (Å²) in [4.78, 5) is 16.6. The van der Waals surface area contributed by atoms with Crippen LogP contribution in [0.4, 0.5) is 0 Å². The van der Waals surface area contributed by atoms with Crippen LogP contribution in [0, 0.1) is 0 Å². The third-order valence-corrected chi connectivity index (χ3v) is 5.10. The summed E-state index contributed by atoms with van der Waals surface area (Å²) in [7, 11) is 0. The second-order valence-electron chi connectivity index (χ2n) is 7.63. The third-order valence-electron chi connectivity index (χ3n) is 5.10. The first kappa shape index (κ1) is 23.9. The second-order valence-corrected chi connectivity index (χ2v) is 7.63. The Hall–Kier alpha value is -1.16. The number of carbonyl (C=O) groups is 1. The van der Waals surface area contributed by atoms with Gasteiger partial charge in [0.15, 0.2) is 11.6 Å². The number of ketones is 1. The molecule has 4 heteroatoms. The zero-order chi connectivity index (χ0) is 19.6. The second kappa shape index (κ2) is 17.0. The summed E-state index contributed by atoms with van der Waals surface area (Å²) >= 11 is 0. The van der Waals surface area contributed by atoms with Crippen molar-refractivity contribution in [2.24, 2.45) is 4.99 Å². The largest absolute Gasteiger partial charge is 0.291 e. The van der Waals surface area contributed by atoms with Gasteiger partial charge in [0, 0.05) is 13.0 Å².